The van der Waals surface area contributed by atoms with Crippen LogP contribution < -0.4 is 10.6 Å². The fourth-order valence-corrected chi connectivity index (χ4v) is 2.67. The third-order valence-corrected chi connectivity index (χ3v) is 3.60. The van der Waals surface area contributed by atoms with Crippen LogP contribution in [-0.2, 0) is 6.42 Å². The van der Waals surface area contributed by atoms with Gasteiger partial charge in [0.2, 0.25) is 0 Å². The second-order valence-corrected chi connectivity index (χ2v) is 5.04. The molecule has 0 amide bonds. The Bertz CT molecular complexity index is 566. The monoisotopic (exact) mass is 274 g/mol. The highest BCUT2D eigenvalue weighted by molar-refractivity contribution is 6.33. The Hall–Kier alpha value is -1.51. The summed E-state index contributed by atoms with van der Waals surface area (Å²) in [4.78, 5) is 2.14. The molecule has 0 spiro atoms. The number of anilines is 2. The zero-order valence-electron chi connectivity index (χ0n) is 11.4. The van der Waals surface area contributed by atoms with Gasteiger partial charge in [0, 0.05) is 12.7 Å². The lowest BCUT2D eigenvalue weighted by Crippen LogP contribution is -2.15. The van der Waals surface area contributed by atoms with Crippen molar-refractivity contribution in [2.24, 2.45) is 5.73 Å². The molecule has 2 N–H and O–H groups in total. The Morgan fingerprint density at radius 1 is 1.11 bits per heavy atom. The Morgan fingerprint density at radius 2 is 1.84 bits per heavy atom. The fraction of sp³-hybridized carbons (Fsp3) is 0.250. The van der Waals surface area contributed by atoms with Crippen LogP contribution in [0.25, 0.3) is 0 Å². The fourth-order valence-electron chi connectivity index (χ4n) is 2.35. The maximum atomic E-state index is 6.38. The van der Waals surface area contributed by atoms with E-state index < -0.39 is 0 Å². The summed E-state index contributed by atoms with van der Waals surface area (Å²) in [6, 6.07) is 14.3. The van der Waals surface area contributed by atoms with E-state index >= 15 is 0 Å². The number of hydrogen-bond acceptors (Lipinski definition) is 2. The predicted molar refractivity (Wildman–Crippen MR) is 83.5 cm³/mol. The van der Waals surface area contributed by atoms with Crippen LogP contribution >= 0.6 is 11.6 Å². The highest BCUT2D eigenvalue weighted by Gasteiger charge is 2.14. The van der Waals surface area contributed by atoms with E-state index in [2.05, 4.69) is 30.0 Å². The number of nitrogens with zero attached hydrogens (tertiary/aromatic N) is 1. The molecule has 0 bridgehead atoms. The van der Waals surface area contributed by atoms with Crippen LogP contribution in [0.5, 0.6) is 0 Å². The highest BCUT2D eigenvalue weighted by Crippen LogP contribution is 2.35. The standard InChI is InChI=1S/C16H19ClN2/c1-12-6-3-4-9-15(12)19(2)16-13(10-11-18)7-5-8-14(16)17/h3-9H,10-11,18H2,1-2H3. The molecule has 0 unspecified atom stereocenters. The molecule has 2 aromatic carbocycles. The van der Waals surface area contributed by atoms with Crippen molar-refractivity contribution < 1.29 is 0 Å². The molecule has 2 nitrogen and oxygen atoms in total. The number of halogens is 1. The summed E-state index contributed by atoms with van der Waals surface area (Å²) in [5, 5.41) is 0.761. The van der Waals surface area contributed by atoms with E-state index in [1.165, 1.54) is 11.1 Å². The van der Waals surface area contributed by atoms with Gasteiger partial charge >= 0.3 is 0 Å². The Balaban J connectivity index is 2.49. The Labute approximate surface area is 119 Å². The Morgan fingerprint density at radius 3 is 2.53 bits per heavy atom. The number of benzene rings is 2. The molecule has 0 radical (unpaired) electrons. The number of aryl methyl sites for hydroxylation is 1. The molecule has 0 aromatic heterocycles. The zero-order chi connectivity index (χ0) is 13.8. The van der Waals surface area contributed by atoms with Crippen molar-refractivity contribution in [2.75, 3.05) is 18.5 Å². The van der Waals surface area contributed by atoms with Gasteiger partial charge in [0.1, 0.15) is 0 Å². The second kappa shape index (κ2) is 6.09. The van der Waals surface area contributed by atoms with Gasteiger partial charge in [-0.1, -0.05) is 41.9 Å². The van der Waals surface area contributed by atoms with E-state index in [0.29, 0.717) is 6.54 Å². The molecular weight excluding hydrogens is 256 g/mol. The summed E-state index contributed by atoms with van der Waals surface area (Å²) in [5.74, 6) is 0. The molecule has 0 aliphatic carbocycles. The van der Waals surface area contributed by atoms with E-state index in [9.17, 15) is 0 Å². The summed E-state index contributed by atoms with van der Waals surface area (Å²) >= 11 is 6.38. The zero-order valence-corrected chi connectivity index (χ0v) is 12.1. The summed E-state index contributed by atoms with van der Waals surface area (Å²) in [6.07, 6.45) is 0.826. The van der Waals surface area contributed by atoms with Crippen LogP contribution in [0.2, 0.25) is 5.02 Å². The van der Waals surface area contributed by atoms with E-state index in [0.717, 1.165) is 22.8 Å². The van der Waals surface area contributed by atoms with Crippen LogP contribution in [0, 0.1) is 6.92 Å². The topological polar surface area (TPSA) is 29.3 Å². The maximum absolute atomic E-state index is 6.38. The molecule has 0 heterocycles. The summed E-state index contributed by atoms with van der Waals surface area (Å²) in [6.45, 7) is 2.72. The quantitative estimate of drug-likeness (QED) is 0.916. The normalized spacial score (nSPS) is 10.5. The minimum absolute atomic E-state index is 0.620. The van der Waals surface area contributed by atoms with Gasteiger partial charge in [-0.05, 0) is 43.1 Å². The van der Waals surface area contributed by atoms with Crippen LogP contribution in [-0.4, -0.2) is 13.6 Å². The molecular formula is C16H19ClN2. The van der Waals surface area contributed by atoms with Crippen LogP contribution in [0.3, 0.4) is 0 Å². The first kappa shape index (κ1) is 13.9. The average molecular weight is 275 g/mol. The molecule has 0 aliphatic heterocycles. The van der Waals surface area contributed by atoms with Crippen molar-refractivity contribution in [2.45, 2.75) is 13.3 Å². The lowest BCUT2D eigenvalue weighted by atomic mass is 10.1. The smallest absolute Gasteiger partial charge is 0.0645 e. The molecule has 0 atom stereocenters. The van der Waals surface area contributed by atoms with Crippen molar-refractivity contribution in [1.29, 1.82) is 0 Å². The van der Waals surface area contributed by atoms with Crippen molar-refractivity contribution in [3.8, 4) is 0 Å². The molecule has 0 saturated carbocycles. The van der Waals surface area contributed by atoms with Gasteiger partial charge in [-0.25, -0.2) is 0 Å². The molecule has 19 heavy (non-hydrogen) atoms. The van der Waals surface area contributed by atoms with Crippen molar-refractivity contribution >= 4 is 23.0 Å². The van der Waals surface area contributed by atoms with Gasteiger partial charge in [-0.15, -0.1) is 0 Å². The minimum Gasteiger partial charge on any atom is -0.343 e. The third kappa shape index (κ3) is 2.91. The van der Waals surface area contributed by atoms with Gasteiger partial charge in [0.15, 0.2) is 0 Å². The van der Waals surface area contributed by atoms with E-state index in [-0.39, 0.29) is 0 Å². The number of para-hydroxylation sites is 2. The van der Waals surface area contributed by atoms with E-state index in [1.807, 2.05) is 31.3 Å². The summed E-state index contributed by atoms with van der Waals surface area (Å²) in [7, 11) is 2.05. The van der Waals surface area contributed by atoms with Crippen molar-refractivity contribution in [3.63, 3.8) is 0 Å². The summed E-state index contributed by atoms with van der Waals surface area (Å²) in [5.41, 5.74) is 10.3. The molecule has 0 aliphatic rings. The van der Waals surface area contributed by atoms with Gasteiger partial charge in [-0.2, -0.15) is 0 Å². The predicted octanol–water partition coefficient (Wildman–Crippen LogP) is 3.92. The maximum Gasteiger partial charge on any atom is 0.0645 e. The number of rotatable bonds is 4. The average Bonchev–Trinajstić information content (AvgIpc) is 2.39. The molecule has 0 fully saturated rings. The van der Waals surface area contributed by atoms with Crippen molar-refractivity contribution in [1.82, 2.24) is 0 Å². The lowest BCUT2D eigenvalue weighted by molar-refractivity contribution is 0.960. The third-order valence-electron chi connectivity index (χ3n) is 3.30. The second-order valence-electron chi connectivity index (χ2n) is 4.63. The van der Waals surface area contributed by atoms with Gasteiger partial charge in [0.25, 0.3) is 0 Å². The molecule has 2 aromatic rings. The highest BCUT2D eigenvalue weighted by atomic mass is 35.5. The largest absolute Gasteiger partial charge is 0.343 e. The van der Waals surface area contributed by atoms with Gasteiger partial charge < -0.3 is 10.6 Å². The summed E-state index contributed by atoms with van der Waals surface area (Å²) < 4.78 is 0. The van der Waals surface area contributed by atoms with Crippen molar-refractivity contribution in [3.05, 3.63) is 58.6 Å². The lowest BCUT2D eigenvalue weighted by Gasteiger charge is -2.25. The van der Waals surface area contributed by atoms with Crippen LogP contribution in [0.15, 0.2) is 42.5 Å². The first-order valence-electron chi connectivity index (χ1n) is 6.42. The van der Waals surface area contributed by atoms with Crippen LogP contribution in [0.4, 0.5) is 11.4 Å². The first-order valence-corrected chi connectivity index (χ1v) is 6.79. The van der Waals surface area contributed by atoms with E-state index in [1.54, 1.807) is 0 Å². The minimum atomic E-state index is 0.620. The van der Waals surface area contributed by atoms with Gasteiger partial charge in [0.05, 0.1) is 10.7 Å². The molecule has 0 saturated heterocycles. The van der Waals surface area contributed by atoms with Crippen LogP contribution in [0.1, 0.15) is 11.1 Å². The van der Waals surface area contributed by atoms with E-state index in [4.69, 9.17) is 17.3 Å². The SMILES string of the molecule is Cc1ccccc1N(C)c1c(Cl)cccc1CCN. The Kier molecular flexibility index (Phi) is 4.46. The molecule has 3 heteroatoms. The molecule has 2 rings (SSSR count). The molecule has 100 valence electrons. The number of nitrogens with two attached hydrogens (primary N) is 1. The first-order chi connectivity index (χ1) is 9.15. The number of hydrogen-bond donors (Lipinski definition) is 1. The van der Waals surface area contributed by atoms with Gasteiger partial charge in [-0.3, -0.25) is 0 Å².